The lowest BCUT2D eigenvalue weighted by Gasteiger charge is -2.40. The number of benzene rings is 3. The van der Waals surface area contributed by atoms with E-state index in [0.717, 1.165) is 50.8 Å². The molecule has 9 rings (SSSR count). The molecule has 0 unspecified atom stereocenters. The first kappa shape index (κ1) is 26.0. The number of rotatable bonds is 9. The van der Waals surface area contributed by atoms with Crippen molar-refractivity contribution in [2.75, 3.05) is 10.9 Å². The lowest BCUT2D eigenvalue weighted by molar-refractivity contribution is 0.483. The molecule has 0 saturated heterocycles. The Morgan fingerprint density at radius 2 is 1.04 bits per heavy atom. The van der Waals surface area contributed by atoms with Gasteiger partial charge in [-0.3, -0.25) is 20.9 Å². The molecular weight excluding hydrogens is 568 g/mol. The second-order valence-corrected chi connectivity index (χ2v) is 11.3. The zero-order chi connectivity index (χ0) is 30.5. The van der Waals surface area contributed by atoms with Crippen LogP contribution in [0, 0.1) is 0 Å². The van der Waals surface area contributed by atoms with E-state index < -0.39 is 0 Å². The van der Waals surface area contributed by atoms with Gasteiger partial charge >= 0.3 is 0 Å². The van der Waals surface area contributed by atoms with Gasteiger partial charge in [-0.25, -0.2) is 0 Å². The minimum absolute atomic E-state index is 0.443. The summed E-state index contributed by atoms with van der Waals surface area (Å²) in [4.78, 5) is 14.7. The fourth-order valence-electron chi connectivity index (χ4n) is 6.13. The van der Waals surface area contributed by atoms with Crippen LogP contribution >= 0.6 is 0 Å². The monoisotopic (exact) mass is 596 g/mol. The van der Waals surface area contributed by atoms with E-state index in [0.29, 0.717) is 24.3 Å². The zero-order valence-electron chi connectivity index (χ0n) is 24.7. The molecule has 4 aliphatic heterocycles. The molecule has 4 aliphatic rings. The molecule has 8 nitrogen and oxygen atoms in total. The third-order valence-electron chi connectivity index (χ3n) is 8.44. The van der Waals surface area contributed by atoms with Crippen LogP contribution in [0.2, 0.25) is 0 Å². The van der Waals surface area contributed by atoms with Crippen LogP contribution in [-0.2, 0) is 6.54 Å². The van der Waals surface area contributed by atoms with Crippen LogP contribution in [-0.4, -0.2) is 29.5 Å². The van der Waals surface area contributed by atoms with Crippen LogP contribution in [0.15, 0.2) is 169 Å². The van der Waals surface area contributed by atoms with E-state index in [1.807, 2.05) is 40.3 Å². The highest BCUT2D eigenvalue weighted by Gasteiger charge is 2.32. The number of nitrogens with one attached hydrogen (secondary N) is 2. The molecule has 0 amide bonds. The van der Waals surface area contributed by atoms with E-state index >= 15 is 0 Å². The molecule has 220 valence electrons. The van der Waals surface area contributed by atoms with Gasteiger partial charge in [0.15, 0.2) is 5.82 Å². The minimum atomic E-state index is 0.443. The van der Waals surface area contributed by atoms with Crippen LogP contribution in [0.25, 0.3) is 22.7 Å². The maximum atomic E-state index is 4.94. The second-order valence-electron chi connectivity index (χ2n) is 11.3. The summed E-state index contributed by atoms with van der Waals surface area (Å²) in [5, 5.41) is 4.07. The van der Waals surface area contributed by atoms with Gasteiger partial charge < -0.3 is 4.57 Å². The average molecular weight is 597 g/mol. The Hall–Kier alpha value is -6.41. The SMILES string of the molecule is c1ccc(Cn2cccc2-c2nc(NN3c4ccc(-c5ccccc5)c3c4)nc(NN3c4ccc(-c5ccccc5)c3c4)n2)cc1. The molecule has 2 N–H and O–H groups in total. The maximum Gasteiger partial charge on any atom is 0.247 e. The van der Waals surface area contributed by atoms with Gasteiger partial charge in [0, 0.05) is 23.9 Å². The largest absolute Gasteiger partial charge is 0.341 e. The highest BCUT2D eigenvalue weighted by atomic mass is 15.6. The summed E-state index contributed by atoms with van der Waals surface area (Å²) < 4.78 is 2.16. The van der Waals surface area contributed by atoms with Crippen molar-refractivity contribution in [2.45, 2.75) is 6.54 Å². The fraction of sp³-hybridized carbons (Fsp3) is 0.0263. The summed E-state index contributed by atoms with van der Waals surface area (Å²) in [7, 11) is 0. The Morgan fingerprint density at radius 1 is 0.522 bits per heavy atom. The first-order chi connectivity index (χ1) is 22.8. The van der Waals surface area contributed by atoms with Gasteiger partial charge in [-0.15, -0.1) is 0 Å². The van der Waals surface area contributed by atoms with Gasteiger partial charge in [0.05, 0.1) is 28.5 Å². The van der Waals surface area contributed by atoms with E-state index in [1.165, 1.54) is 5.56 Å². The van der Waals surface area contributed by atoms with Crippen molar-refractivity contribution in [1.29, 1.82) is 0 Å². The molecular formula is C38H28N8. The topological polar surface area (TPSA) is 74.1 Å². The van der Waals surface area contributed by atoms with Gasteiger partial charge in [0.2, 0.25) is 11.9 Å². The number of nitrogens with zero attached hydrogens (tertiary/aromatic N) is 6. The number of aromatic nitrogens is 4. The molecule has 0 atom stereocenters. The average Bonchev–Trinajstić information content (AvgIpc) is 3.58. The molecule has 8 heteroatoms. The zero-order valence-corrected chi connectivity index (χ0v) is 24.7. The first-order valence-corrected chi connectivity index (χ1v) is 15.2. The standard InChI is InChI=1S/C38H28N8/c1-4-11-26(12-5-1)25-44-22-10-17-33(44)36-39-37(42-45-29-18-20-31(34(45)23-29)27-13-6-2-7-14-27)41-38(40-36)43-46-30-19-21-32(35(46)24-30)28-15-8-3-9-16-28/h1-24H,25H2,(H2,39,40,41,42,43). The molecule has 0 saturated carbocycles. The molecule has 4 bridgehead atoms. The van der Waals surface area contributed by atoms with Gasteiger partial charge in [-0.2, -0.15) is 15.0 Å². The number of fused-ring (bicyclic) bond motifs is 4. The van der Waals surface area contributed by atoms with Crippen LogP contribution < -0.4 is 10.9 Å². The van der Waals surface area contributed by atoms with Gasteiger partial charge in [0.25, 0.3) is 0 Å². The van der Waals surface area contributed by atoms with E-state index in [2.05, 4.69) is 131 Å². The molecule has 0 aliphatic carbocycles. The van der Waals surface area contributed by atoms with Crippen molar-refractivity contribution < 1.29 is 0 Å². The Kier molecular flexibility index (Phi) is 6.02. The molecule has 5 aromatic rings. The van der Waals surface area contributed by atoms with Crippen LogP contribution in [0.3, 0.4) is 0 Å². The summed E-state index contributed by atoms with van der Waals surface area (Å²) in [6, 6.07) is 35.3. The number of anilines is 2. The highest BCUT2D eigenvalue weighted by Crippen LogP contribution is 2.42. The van der Waals surface area contributed by atoms with E-state index in [1.54, 1.807) is 0 Å². The number of hydrazine groups is 2. The molecule has 0 radical (unpaired) electrons. The van der Waals surface area contributed by atoms with Gasteiger partial charge in [-0.1, -0.05) is 103 Å². The van der Waals surface area contributed by atoms with Crippen molar-refractivity contribution in [3.05, 3.63) is 185 Å². The summed E-state index contributed by atoms with van der Waals surface area (Å²) in [5.74, 6) is 1.46. The van der Waals surface area contributed by atoms with Crippen molar-refractivity contribution in [1.82, 2.24) is 29.5 Å². The van der Waals surface area contributed by atoms with Gasteiger partial charge in [-0.05, 0) is 53.1 Å². The van der Waals surface area contributed by atoms with E-state index in [-0.39, 0.29) is 0 Å². The first-order valence-electron chi connectivity index (χ1n) is 15.2. The normalized spacial score (nSPS) is 15.7. The lowest BCUT2D eigenvalue weighted by Crippen LogP contribution is -2.39. The van der Waals surface area contributed by atoms with Crippen molar-refractivity contribution in [3.8, 4) is 11.5 Å². The van der Waals surface area contributed by atoms with Crippen molar-refractivity contribution in [3.63, 3.8) is 0 Å². The Morgan fingerprint density at radius 3 is 1.57 bits per heavy atom. The molecule has 0 fully saturated rings. The number of hydrogen-bond acceptors (Lipinski definition) is 7. The molecule has 3 aromatic carbocycles. The predicted molar refractivity (Wildman–Crippen MR) is 181 cm³/mol. The number of hydrogen-bond donors (Lipinski definition) is 2. The Labute approximate surface area is 266 Å². The Balaban J connectivity index is 1.05. The molecule has 6 heterocycles. The highest BCUT2D eigenvalue weighted by molar-refractivity contribution is 5.87. The molecule has 2 aromatic heterocycles. The molecule has 46 heavy (non-hydrogen) atoms. The van der Waals surface area contributed by atoms with E-state index in [9.17, 15) is 0 Å². The van der Waals surface area contributed by atoms with Gasteiger partial charge in [0.1, 0.15) is 0 Å². The Bertz CT molecular complexity index is 2050. The summed E-state index contributed by atoms with van der Waals surface area (Å²) in [6.07, 6.45) is 14.9. The van der Waals surface area contributed by atoms with Crippen LogP contribution in [0.5, 0.6) is 0 Å². The summed E-state index contributed by atoms with van der Waals surface area (Å²) in [5.41, 5.74) is 17.9. The van der Waals surface area contributed by atoms with E-state index in [4.69, 9.17) is 15.0 Å². The second kappa shape index (κ2) is 10.6. The number of allylic oxidation sites excluding steroid dienone is 8. The van der Waals surface area contributed by atoms with Crippen molar-refractivity contribution >= 4 is 23.0 Å². The maximum absolute atomic E-state index is 4.94. The molecule has 0 spiro atoms. The van der Waals surface area contributed by atoms with Crippen molar-refractivity contribution in [2.24, 2.45) is 0 Å². The quantitative estimate of drug-likeness (QED) is 0.184. The lowest BCUT2D eigenvalue weighted by atomic mass is 9.93. The smallest absolute Gasteiger partial charge is 0.247 e. The van der Waals surface area contributed by atoms with Crippen LogP contribution in [0.4, 0.5) is 11.9 Å². The summed E-state index contributed by atoms with van der Waals surface area (Å²) in [6.45, 7) is 0.703. The third-order valence-corrected chi connectivity index (χ3v) is 8.44. The fourth-order valence-corrected chi connectivity index (χ4v) is 6.13. The third kappa shape index (κ3) is 4.51. The minimum Gasteiger partial charge on any atom is -0.341 e. The predicted octanol–water partition coefficient (Wildman–Crippen LogP) is 7.40. The van der Waals surface area contributed by atoms with Crippen LogP contribution in [0.1, 0.15) is 16.7 Å². The summed E-state index contributed by atoms with van der Waals surface area (Å²) >= 11 is 0.